The van der Waals surface area contributed by atoms with Crippen LogP contribution in [0.2, 0.25) is 0 Å². The van der Waals surface area contributed by atoms with Gasteiger partial charge in [0.25, 0.3) is 5.69 Å². The number of hydrogen-bond donors (Lipinski definition) is 0. The Bertz CT molecular complexity index is 514. The average molecular weight is 292 g/mol. The third-order valence-electron chi connectivity index (χ3n) is 3.56. The van der Waals surface area contributed by atoms with Crippen LogP contribution in [-0.2, 0) is 16.0 Å². The standard InChI is InChI=1S/C15H20N2O4/c1-2-21-15(18)11-16(13-7-8-13)10-9-12-5-3-4-6-14(12)17(19)20/h3-6,13H,2,7-11H2,1H3. The minimum Gasteiger partial charge on any atom is -0.465 e. The zero-order valence-corrected chi connectivity index (χ0v) is 12.2. The van der Waals surface area contributed by atoms with Gasteiger partial charge >= 0.3 is 5.97 Å². The normalized spacial score (nSPS) is 14.2. The van der Waals surface area contributed by atoms with Crippen LogP contribution in [-0.4, -0.2) is 41.5 Å². The van der Waals surface area contributed by atoms with Crippen molar-refractivity contribution in [1.29, 1.82) is 0 Å². The Hall–Kier alpha value is -1.95. The summed E-state index contributed by atoms with van der Waals surface area (Å²) in [5.74, 6) is -0.230. The van der Waals surface area contributed by atoms with Crippen molar-refractivity contribution in [3.8, 4) is 0 Å². The van der Waals surface area contributed by atoms with E-state index >= 15 is 0 Å². The number of ether oxygens (including phenoxy) is 1. The van der Waals surface area contributed by atoms with Crippen LogP contribution in [0.25, 0.3) is 0 Å². The first kappa shape index (κ1) is 15.4. The lowest BCUT2D eigenvalue weighted by Crippen LogP contribution is -2.34. The molecule has 1 aliphatic rings. The van der Waals surface area contributed by atoms with E-state index in [9.17, 15) is 14.9 Å². The molecule has 0 amide bonds. The summed E-state index contributed by atoms with van der Waals surface area (Å²) >= 11 is 0. The molecule has 6 heteroatoms. The predicted octanol–water partition coefficient (Wildman–Crippen LogP) is 2.16. The Morgan fingerprint density at radius 1 is 1.43 bits per heavy atom. The molecule has 0 heterocycles. The quantitative estimate of drug-likeness (QED) is 0.417. The van der Waals surface area contributed by atoms with Gasteiger partial charge in [0.2, 0.25) is 0 Å². The van der Waals surface area contributed by atoms with Crippen molar-refractivity contribution in [2.75, 3.05) is 19.7 Å². The number of para-hydroxylation sites is 1. The van der Waals surface area contributed by atoms with Crippen molar-refractivity contribution in [3.05, 3.63) is 39.9 Å². The monoisotopic (exact) mass is 292 g/mol. The Morgan fingerprint density at radius 3 is 2.76 bits per heavy atom. The first-order chi connectivity index (χ1) is 10.1. The van der Waals surface area contributed by atoms with Gasteiger partial charge in [-0.05, 0) is 26.2 Å². The van der Waals surface area contributed by atoms with Gasteiger partial charge in [-0.25, -0.2) is 0 Å². The first-order valence-electron chi connectivity index (χ1n) is 7.23. The third-order valence-corrected chi connectivity index (χ3v) is 3.56. The summed E-state index contributed by atoms with van der Waals surface area (Å²) in [7, 11) is 0. The van der Waals surface area contributed by atoms with Crippen LogP contribution in [0.5, 0.6) is 0 Å². The highest BCUT2D eigenvalue weighted by molar-refractivity contribution is 5.71. The number of esters is 1. The molecule has 6 nitrogen and oxygen atoms in total. The van der Waals surface area contributed by atoms with Gasteiger partial charge in [0.05, 0.1) is 18.1 Å². The van der Waals surface area contributed by atoms with E-state index in [0.717, 1.165) is 12.8 Å². The molecule has 114 valence electrons. The average Bonchev–Trinajstić information content (AvgIpc) is 3.28. The van der Waals surface area contributed by atoms with Crippen LogP contribution in [0.15, 0.2) is 24.3 Å². The Balaban J connectivity index is 1.96. The van der Waals surface area contributed by atoms with Crippen LogP contribution in [0, 0.1) is 10.1 Å². The van der Waals surface area contributed by atoms with Crippen molar-refractivity contribution in [1.82, 2.24) is 4.90 Å². The fraction of sp³-hybridized carbons (Fsp3) is 0.533. The van der Waals surface area contributed by atoms with Crippen LogP contribution in [0.4, 0.5) is 5.69 Å². The lowest BCUT2D eigenvalue weighted by Gasteiger charge is -2.20. The summed E-state index contributed by atoms with van der Waals surface area (Å²) in [5, 5.41) is 11.0. The number of carbonyl (C=O) groups excluding carboxylic acids is 1. The minimum absolute atomic E-state index is 0.143. The fourth-order valence-electron chi connectivity index (χ4n) is 2.37. The fourth-order valence-corrected chi connectivity index (χ4v) is 2.37. The highest BCUT2D eigenvalue weighted by Crippen LogP contribution is 2.27. The van der Waals surface area contributed by atoms with E-state index in [1.54, 1.807) is 25.1 Å². The maximum atomic E-state index is 11.6. The van der Waals surface area contributed by atoms with E-state index in [2.05, 4.69) is 4.90 Å². The molecule has 0 saturated heterocycles. The van der Waals surface area contributed by atoms with Gasteiger partial charge in [-0.3, -0.25) is 19.8 Å². The number of carbonyl (C=O) groups is 1. The summed E-state index contributed by atoms with van der Waals surface area (Å²) in [4.78, 5) is 24.3. The van der Waals surface area contributed by atoms with Gasteiger partial charge in [0.1, 0.15) is 0 Å². The minimum atomic E-state index is -0.359. The van der Waals surface area contributed by atoms with E-state index in [0.29, 0.717) is 31.2 Å². The SMILES string of the molecule is CCOC(=O)CN(CCc1ccccc1[N+](=O)[O-])C1CC1. The molecule has 0 N–H and O–H groups in total. The molecule has 0 radical (unpaired) electrons. The number of nitrogens with zero attached hydrogens (tertiary/aromatic N) is 2. The molecule has 2 rings (SSSR count). The van der Waals surface area contributed by atoms with E-state index in [-0.39, 0.29) is 23.1 Å². The van der Waals surface area contributed by atoms with Gasteiger partial charge in [-0.2, -0.15) is 0 Å². The highest BCUT2D eigenvalue weighted by atomic mass is 16.6. The lowest BCUT2D eigenvalue weighted by atomic mass is 10.1. The molecular weight excluding hydrogens is 272 g/mol. The molecule has 1 fully saturated rings. The van der Waals surface area contributed by atoms with Crippen molar-refractivity contribution in [3.63, 3.8) is 0 Å². The van der Waals surface area contributed by atoms with Gasteiger partial charge in [-0.1, -0.05) is 18.2 Å². The van der Waals surface area contributed by atoms with Crippen molar-refractivity contribution in [2.45, 2.75) is 32.2 Å². The van der Waals surface area contributed by atoms with Gasteiger partial charge in [0.15, 0.2) is 0 Å². The van der Waals surface area contributed by atoms with Crippen molar-refractivity contribution in [2.24, 2.45) is 0 Å². The van der Waals surface area contributed by atoms with Crippen molar-refractivity contribution < 1.29 is 14.5 Å². The number of hydrogen-bond acceptors (Lipinski definition) is 5. The summed E-state index contributed by atoms with van der Waals surface area (Å²) in [6, 6.07) is 7.17. The zero-order chi connectivity index (χ0) is 15.2. The summed E-state index contributed by atoms with van der Waals surface area (Å²) in [5.41, 5.74) is 0.849. The molecule has 1 aromatic rings. The van der Waals surface area contributed by atoms with Crippen LogP contribution >= 0.6 is 0 Å². The van der Waals surface area contributed by atoms with E-state index in [4.69, 9.17) is 4.74 Å². The topological polar surface area (TPSA) is 72.7 Å². The maximum absolute atomic E-state index is 11.6. The number of nitro groups is 1. The lowest BCUT2D eigenvalue weighted by molar-refractivity contribution is -0.385. The molecule has 1 aromatic carbocycles. The van der Waals surface area contributed by atoms with Gasteiger partial charge < -0.3 is 4.74 Å². The van der Waals surface area contributed by atoms with Crippen LogP contribution in [0.1, 0.15) is 25.3 Å². The molecule has 1 saturated carbocycles. The molecular formula is C15H20N2O4. The molecule has 0 bridgehead atoms. The second-order valence-corrected chi connectivity index (χ2v) is 5.14. The number of rotatable bonds is 8. The van der Waals surface area contributed by atoms with Gasteiger partial charge in [0, 0.05) is 24.2 Å². The molecule has 0 unspecified atom stereocenters. The molecule has 1 aliphatic carbocycles. The second kappa shape index (κ2) is 7.17. The highest BCUT2D eigenvalue weighted by Gasteiger charge is 2.30. The van der Waals surface area contributed by atoms with E-state index < -0.39 is 0 Å². The predicted molar refractivity (Wildman–Crippen MR) is 78.0 cm³/mol. The van der Waals surface area contributed by atoms with E-state index in [1.165, 1.54) is 6.07 Å². The van der Waals surface area contributed by atoms with Crippen LogP contribution in [0.3, 0.4) is 0 Å². The summed E-state index contributed by atoms with van der Waals surface area (Å²) < 4.78 is 4.98. The summed E-state index contributed by atoms with van der Waals surface area (Å²) in [6.07, 6.45) is 2.72. The first-order valence-corrected chi connectivity index (χ1v) is 7.23. The van der Waals surface area contributed by atoms with E-state index in [1.807, 2.05) is 0 Å². The third kappa shape index (κ3) is 4.53. The zero-order valence-electron chi connectivity index (χ0n) is 12.2. The van der Waals surface area contributed by atoms with Crippen molar-refractivity contribution >= 4 is 11.7 Å². The molecule has 21 heavy (non-hydrogen) atoms. The molecule has 0 atom stereocenters. The Kier molecular flexibility index (Phi) is 5.27. The molecule has 0 spiro atoms. The smallest absolute Gasteiger partial charge is 0.320 e. The molecule has 0 aliphatic heterocycles. The van der Waals surface area contributed by atoms with Gasteiger partial charge in [-0.15, -0.1) is 0 Å². The van der Waals surface area contributed by atoms with Crippen LogP contribution < -0.4 is 0 Å². The maximum Gasteiger partial charge on any atom is 0.320 e. The Labute approximate surface area is 123 Å². The number of nitro benzene ring substituents is 1. The molecule has 0 aromatic heterocycles. The Morgan fingerprint density at radius 2 is 2.14 bits per heavy atom. The summed E-state index contributed by atoms with van der Waals surface area (Å²) in [6.45, 7) is 3.06. The largest absolute Gasteiger partial charge is 0.465 e. The number of benzene rings is 1. The second-order valence-electron chi connectivity index (χ2n) is 5.14.